The molecule has 1 fully saturated rings. The van der Waals surface area contributed by atoms with E-state index in [0.29, 0.717) is 12.3 Å². The highest BCUT2D eigenvalue weighted by Gasteiger charge is 2.17. The molecular formula is C24H28N2O3. The van der Waals surface area contributed by atoms with Crippen LogP contribution in [-0.4, -0.2) is 48.3 Å². The highest BCUT2D eigenvalue weighted by molar-refractivity contribution is 5.97. The van der Waals surface area contributed by atoms with Crippen LogP contribution in [0.3, 0.4) is 0 Å². The predicted octanol–water partition coefficient (Wildman–Crippen LogP) is 4.67. The topological polar surface area (TPSA) is 43.7 Å². The first-order chi connectivity index (χ1) is 14.3. The average Bonchev–Trinajstić information content (AvgIpc) is 3.40. The van der Waals surface area contributed by atoms with Crippen molar-refractivity contribution in [3.8, 4) is 11.4 Å². The van der Waals surface area contributed by atoms with Crippen molar-refractivity contribution in [2.45, 2.75) is 26.2 Å². The van der Waals surface area contributed by atoms with E-state index in [0.717, 1.165) is 41.9 Å². The molecule has 4 rings (SSSR count). The van der Waals surface area contributed by atoms with E-state index in [1.807, 2.05) is 66.1 Å². The van der Waals surface area contributed by atoms with Gasteiger partial charge in [0.1, 0.15) is 11.4 Å². The zero-order valence-electron chi connectivity index (χ0n) is 17.0. The molecule has 1 saturated heterocycles. The SMILES string of the molecule is CCOC(=O)c1cc2ccccc2n1-c1ccc(OCCCN2CCCC2)cc1. The number of likely N-dealkylation sites (tertiary alicyclic amines) is 1. The minimum Gasteiger partial charge on any atom is -0.494 e. The van der Waals surface area contributed by atoms with Gasteiger partial charge in [-0.15, -0.1) is 0 Å². The average molecular weight is 392 g/mol. The van der Waals surface area contributed by atoms with E-state index in [-0.39, 0.29) is 5.97 Å². The molecular weight excluding hydrogens is 364 g/mol. The van der Waals surface area contributed by atoms with Gasteiger partial charge in [-0.2, -0.15) is 0 Å². The summed E-state index contributed by atoms with van der Waals surface area (Å²) in [7, 11) is 0. The number of para-hydroxylation sites is 1. The largest absolute Gasteiger partial charge is 0.494 e. The smallest absolute Gasteiger partial charge is 0.355 e. The quantitative estimate of drug-likeness (QED) is 0.413. The molecule has 0 saturated carbocycles. The van der Waals surface area contributed by atoms with Crippen molar-refractivity contribution in [2.75, 3.05) is 32.8 Å². The second kappa shape index (κ2) is 9.14. The summed E-state index contributed by atoms with van der Waals surface area (Å²) in [5, 5.41) is 1.01. The lowest BCUT2D eigenvalue weighted by molar-refractivity contribution is 0.0517. The van der Waals surface area contributed by atoms with Gasteiger partial charge >= 0.3 is 5.97 Å². The van der Waals surface area contributed by atoms with Gasteiger partial charge in [-0.3, -0.25) is 0 Å². The van der Waals surface area contributed by atoms with Crippen LogP contribution >= 0.6 is 0 Å². The molecule has 152 valence electrons. The Hall–Kier alpha value is -2.79. The van der Waals surface area contributed by atoms with Crippen molar-refractivity contribution < 1.29 is 14.3 Å². The van der Waals surface area contributed by atoms with Gasteiger partial charge < -0.3 is 18.9 Å². The Labute approximate surface area is 171 Å². The normalized spacial score (nSPS) is 14.4. The molecule has 0 amide bonds. The fourth-order valence-corrected chi connectivity index (χ4v) is 3.96. The third-order valence-corrected chi connectivity index (χ3v) is 5.38. The van der Waals surface area contributed by atoms with Gasteiger partial charge in [0.2, 0.25) is 0 Å². The van der Waals surface area contributed by atoms with E-state index in [2.05, 4.69) is 4.90 Å². The lowest BCUT2D eigenvalue weighted by Gasteiger charge is -2.15. The first-order valence-electron chi connectivity index (χ1n) is 10.5. The summed E-state index contributed by atoms with van der Waals surface area (Å²) in [5.41, 5.74) is 2.43. The van der Waals surface area contributed by atoms with E-state index in [1.54, 1.807) is 0 Å². The lowest BCUT2D eigenvalue weighted by Crippen LogP contribution is -2.21. The number of carbonyl (C=O) groups is 1. The number of nitrogens with zero attached hydrogens (tertiary/aromatic N) is 2. The summed E-state index contributed by atoms with van der Waals surface area (Å²) in [5.74, 6) is 0.537. The molecule has 0 unspecified atom stereocenters. The van der Waals surface area contributed by atoms with E-state index in [1.165, 1.54) is 25.9 Å². The Bertz CT molecular complexity index is 956. The molecule has 1 aliphatic rings. The highest BCUT2D eigenvalue weighted by atomic mass is 16.5. The van der Waals surface area contributed by atoms with Crippen molar-refractivity contribution in [3.63, 3.8) is 0 Å². The molecule has 1 aromatic heterocycles. The zero-order valence-corrected chi connectivity index (χ0v) is 17.0. The van der Waals surface area contributed by atoms with Crippen molar-refractivity contribution in [3.05, 3.63) is 60.3 Å². The maximum atomic E-state index is 12.5. The Kier molecular flexibility index (Phi) is 6.15. The van der Waals surface area contributed by atoms with Gasteiger partial charge in [0, 0.05) is 17.6 Å². The third kappa shape index (κ3) is 4.46. The molecule has 0 bridgehead atoms. The third-order valence-electron chi connectivity index (χ3n) is 5.38. The number of rotatable bonds is 8. The monoisotopic (exact) mass is 392 g/mol. The molecule has 5 heteroatoms. The summed E-state index contributed by atoms with van der Waals surface area (Å²) in [6.45, 7) is 6.45. The molecule has 2 heterocycles. The number of carbonyl (C=O) groups excluding carboxylic acids is 1. The number of benzene rings is 2. The van der Waals surface area contributed by atoms with Gasteiger partial charge in [0.05, 0.1) is 18.7 Å². The number of ether oxygens (including phenoxy) is 2. The standard InChI is InChI=1S/C24H28N2O3/c1-2-28-24(27)23-18-19-8-3-4-9-22(19)26(23)20-10-12-21(13-11-20)29-17-7-16-25-14-5-6-15-25/h3-4,8-13,18H,2,5-7,14-17H2,1H3. The summed E-state index contributed by atoms with van der Waals surface area (Å²) < 4.78 is 13.1. The molecule has 5 nitrogen and oxygen atoms in total. The first kappa shape index (κ1) is 19.5. The Morgan fingerprint density at radius 2 is 1.79 bits per heavy atom. The van der Waals surface area contributed by atoms with E-state index < -0.39 is 0 Å². The van der Waals surface area contributed by atoms with Crippen molar-refractivity contribution in [2.24, 2.45) is 0 Å². The summed E-state index contributed by atoms with van der Waals surface area (Å²) in [6, 6.07) is 17.8. The van der Waals surface area contributed by atoms with Crippen LogP contribution in [0.4, 0.5) is 0 Å². The van der Waals surface area contributed by atoms with Gasteiger partial charge in [-0.1, -0.05) is 18.2 Å². The molecule has 2 aromatic carbocycles. The number of hydrogen-bond donors (Lipinski definition) is 0. The number of aromatic nitrogens is 1. The molecule has 0 aliphatic carbocycles. The van der Waals surface area contributed by atoms with Crippen LogP contribution in [-0.2, 0) is 4.74 Å². The van der Waals surface area contributed by atoms with Crippen LogP contribution in [0.1, 0.15) is 36.7 Å². The van der Waals surface area contributed by atoms with Crippen molar-refractivity contribution >= 4 is 16.9 Å². The van der Waals surface area contributed by atoms with E-state index in [9.17, 15) is 4.79 Å². The maximum absolute atomic E-state index is 12.5. The molecule has 0 atom stereocenters. The molecule has 1 aliphatic heterocycles. The molecule has 29 heavy (non-hydrogen) atoms. The zero-order chi connectivity index (χ0) is 20.1. The van der Waals surface area contributed by atoms with Crippen molar-refractivity contribution in [1.29, 1.82) is 0 Å². The van der Waals surface area contributed by atoms with Gasteiger partial charge in [-0.25, -0.2) is 4.79 Å². The van der Waals surface area contributed by atoms with Crippen LogP contribution in [0, 0.1) is 0 Å². The minimum absolute atomic E-state index is 0.314. The Morgan fingerprint density at radius 3 is 2.55 bits per heavy atom. The van der Waals surface area contributed by atoms with Crippen LogP contribution in [0.25, 0.3) is 16.6 Å². The number of fused-ring (bicyclic) bond motifs is 1. The molecule has 0 N–H and O–H groups in total. The lowest BCUT2D eigenvalue weighted by atomic mass is 10.2. The molecule has 0 radical (unpaired) electrons. The van der Waals surface area contributed by atoms with Crippen molar-refractivity contribution in [1.82, 2.24) is 9.47 Å². The fraction of sp³-hybridized carbons (Fsp3) is 0.375. The Morgan fingerprint density at radius 1 is 1.03 bits per heavy atom. The Balaban J connectivity index is 1.48. The fourth-order valence-electron chi connectivity index (χ4n) is 3.96. The van der Waals surface area contributed by atoms with Gasteiger partial charge in [0.25, 0.3) is 0 Å². The van der Waals surface area contributed by atoms with Crippen LogP contribution < -0.4 is 4.74 Å². The van der Waals surface area contributed by atoms with E-state index >= 15 is 0 Å². The first-order valence-corrected chi connectivity index (χ1v) is 10.5. The summed E-state index contributed by atoms with van der Waals surface area (Å²) in [4.78, 5) is 15.0. The summed E-state index contributed by atoms with van der Waals surface area (Å²) >= 11 is 0. The highest BCUT2D eigenvalue weighted by Crippen LogP contribution is 2.26. The summed E-state index contributed by atoms with van der Waals surface area (Å²) in [6.07, 6.45) is 3.69. The maximum Gasteiger partial charge on any atom is 0.355 e. The molecule has 0 spiro atoms. The second-order valence-electron chi connectivity index (χ2n) is 7.39. The van der Waals surface area contributed by atoms with Gasteiger partial charge in [-0.05, 0) is 75.7 Å². The van der Waals surface area contributed by atoms with Crippen LogP contribution in [0.2, 0.25) is 0 Å². The second-order valence-corrected chi connectivity index (χ2v) is 7.39. The van der Waals surface area contributed by atoms with Gasteiger partial charge in [0.15, 0.2) is 0 Å². The minimum atomic E-state index is -0.314. The van der Waals surface area contributed by atoms with Crippen LogP contribution in [0.5, 0.6) is 5.75 Å². The molecule has 3 aromatic rings. The van der Waals surface area contributed by atoms with E-state index in [4.69, 9.17) is 9.47 Å². The predicted molar refractivity (Wildman–Crippen MR) is 115 cm³/mol. The number of hydrogen-bond acceptors (Lipinski definition) is 4. The van der Waals surface area contributed by atoms with Crippen LogP contribution in [0.15, 0.2) is 54.6 Å². The number of esters is 1.